The average Bonchev–Trinajstić information content (AvgIpc) is 3.63. The van der Waals surface area contributed by atoms with Crippen molar-refractivity contribution in [1.29, 1.82) is 0 Å². The van der Waals surface area contributed by atoms with Crippen LogP contribution in [0.5, 0.6) is 0 Å². The summed E-state index contributed by atoms with van der Waals surface area (Å²) in [6, 6.07) is 67.9. The van der Waals surface area contributed by atoms with Crippen LogP contribution in [0, 0.1) is 0 Å². The summed E-state index contributed by atoms with van der Waals surface area (Å²) in [6.07, 6.45) is 3.59. The van der Waals surface area contributed by atoms with Gasteiger partial charge in [-0.25, -0.2) is 0 Å². The van der Waals surface area contributed by atoms with Gasteiger partial charge in [0, 0.05) is 51.0 Å². The highest BCUT2D eigenvalue weighted by Gasteiger charge is 2.31. The topological polar surface area (TPSA) is 37.2 Å². The molecule has 0 unspecified atom stereocenters. The van der Waals surface area contributed by atoms with Gasteiger partial charge in [0.15, 0.2) is 0 Å². The maximum Gasteiger partial charge on any atom is 0.0971 e. The summed E-state index contributed by atoms with van der Waals surface area (Å²) >= 11 is 0. The first-order valence-electron chi connectivity index (χ1n) is 19.3. The predicted octanol–water partition coefficient (Wildman–Crippen LogP) is 14.0. The molecule has 0 fully saturated rings. The standard InChI is InChI=1S/C52H33N5/c1-3-13-34(14-4-1)35-23-26-41-43(31-35)44-32-37(24-27-42(44)52-51(41)53-29-30-54-52)57-48-22-12-11-21-47(48)55(36-15-5-2-6-16-36)50-33-38(25-28-49(50)57)56-45-19-9-7-17-39(45)40-18-8-10-20-46(40)56/h1-33H. The van der Waals surface area contributed by atoms with Crippen molar-refractivity contribution < 1.29 is 0 Å². The highest BCUT2D eigenvalue weighted by Crippen LogP contribution is 2.55. The van der Waals surface area contributed by atoms with E-state index in [0.717, 1.165) is 72.4 Å². The highest BCUT2D eigenvalue weighted by molar-refractivity contribution is 6.24. The van der Waals surface area contributed by atoms with E-state index in [9.17, 15) is 0 Å². The number of aromatic nitrogens is 3. The van der Waals surface area contributed by atoms with Gasteiger partial charge in [-0.1, -0.05) is 115 Å². The summed E-state index contributed by atoms with van der Waals surface area (Å²) in [7, 11) is 0. The Balaban J connectivity index is 1.13. The van der Waals surface area contributed by atoms with Crippen LogP contribution in [-0.4, -0.2) is 14.5 Å². The molecular formula is C52H33N5. The fourth-order valence-electron chi connectivity index (χ4n) is 9.07. The zero-order valence-electron chi connectivity index (χ0n) is 30.8. The molecular weight excluding hydrogens is 695 g/mol. The summed E-state index contributed by atoms with van der Waals surface area (Å²) in [6.45, 7) is 0. The largest absolute Gasteiger partial charge is 0.309 e. The van der Waals surface area contributed by atoms with Crippen molar-refractivity contribution in [2.45, 2.75) is 0 Å². The van der Waals surface area contributed by atoms with Gasteiger partial charge in [-0.2, -0.15) is 0 Å². The van der Waals surface area contributed by atoms with E-state index in [4.69, 9.17) is 9.97 Å². The van der Waals surface area contributed by atoms with Crippen LogP contribution in [0.1, 0.15) is 0 Å². The van der Waals surface area contributed by atoms with Gasteiger partial charge in [0.1, 0.15) is 0 Å². The molecule has 0 bridgehead atoms. The van der Waals surface area contributed by atoms with E-state index in [-0.39, 0.29) is 0 Å². The van der Waals surface area contributed by atoms with E-state index >= 15 is 0 Å². The molecule has 5 nitrogen and oxygen atoms in total. The number of anilines is 6. The van der Waals surface area contributed by atoms with Gasteiger partial charge in [0.2, 0.25) is 0 Å². The Kier molecular flexibility index (Phi) is 6.86. The molecule has 11 aromatic rings. The zero-order chi connectivity index (χ0) is 37.5. The van der Waals surface area contributed by atoms with E-state index < -0.39 is 0 Å². The molecule has 3 heterocycles. The summed E-state index contributed by atoms with van der Waals surface area (Å²) in [4.78, 5) is 14.6. The van der Waals surface area contributed by atoms with E-state index in [1.807, 2.05) is 0 Å². The number of nitrogens with zero attached hydrogens (tertiary/aromatic N) is 5. The molecule has 2 aromatic heterocycles. The fraction of sp³-hybridized carbons (Fsp3) is 0. The molecule has 0 saturated heterocycles. The lowest BCUT2D eigenvalue weighted by Gasteiger charge is -2.40. The zero-order valence-corrected chi connectivity index (χ0v) is 30.8. The second-order valence-electron chi connectivity index (χ2n) is 14.6. The number of rotatable bonds is 4. The third-order valence-corrected chi connectivity index (χ3v) is 11.5. The van der Waals surface area contributed by atoms with E-state index in [1.165, 1.54) is 32.9 Å². The molecule has 57 heavy (non-hydrogen) atoms. The lowest BCUT2D eigenvalue weighted by Crippen LogP contribution is -2.24. The quantitative estimate of drug-likeness (QED) is 0.169. The number of fused-ring (bicyclic) bond motifs is 11. The Morgan fingerprint density at radius 2 is 0.825 bits per heavy atom. The number of hydrogen-bond donors (Lipinski definition) is 0. The molecule has 5 heteroatoms. The van der Waals surface area contributed by atoms with Crippen molar-refractivity contribution in [2.75, 3.05) is 9.80 Å². The normalized spacial score (nSPS) is 12.5. The van der Waals surface area contributed by atoms with E-state index in [0.29, 0.717) is 0 Å². The molecule has 0 saturated carbocycles. The van der Waals surface area contributed by atoms with Crippen LogP contribution in [0.4, 0.5) is 34.1 Å². The maximum absolute atomic E-state index is 4.89. The third kappa shape index (κ3) is 4.76. The van der Waals surface area contributed by atoms with Crippen LogP contribution >= 0.6 is 0 Å². The number of para-hydroxylation sites is 5. The lowest BCUT2D eigenvalue weighted by molar-refractivity contribution is 1.14. The Hall–Kier alpha value is -7.76. The lowest BCUT2D eigenvalue weighted by atomic mass is 9.94. The monoisotopic (exact) mass is 727 g/mol. The van der Waals surface area contributed by atoms with Crippen LogP contribution in [0.3, 0.4) is 0 Å². The second-order valence-corrected chi connectivity index (χ2v) is 14.6. The maximum atomic E-state index is 4.89. The average molecular weight is 728 g/mol. The second kappa shape index (κ2) is 12.4. The molecule has 0 amide bonds. The first kappa shape index (κ1) is 31.6. The van der Waals surface area contributed by atoms with Crippen molar-refractivity contribution in [3.8, 4) is 16.8 Å². The molecule has 1 aliphatic heterocycles. The van der Waals surface area contributed by atoms with E-state index in [1.54, 1.807) is 12.4 Å². The molecule has 0 N–H and O–H groups in total. The summed E-state index contributed by atoms with van der Waals surface area (Å²) in [5.74, 6) is 0. The number of benzene rings is 9. The van der Waals surface area contributed by atoms with Crippen molar-refractivity contribution in [1.82, 2.24) is 14.5 Å². The summed E-state index contributed by atoms with van der Waals surface area (Å²) < 4.78 is 2.40. The van der Waals surface area contributed by atoms with Gasteiger partial charge in [-0.3, -0.25) is 9.97 Å². The first-order chi connectivity index (χ1) is 28.3. The van der Waals surface area contributed by atoms with Crippen molar-refractivity contribution in [2.24, 2.45) is 0 Å². The fourth-order valence-corrected chi connectivity index (χ4v) is 9.07. The molecule has 12 rings (SSSR count). The predicted molar refractivity (Wildman–Crippen MR) is 237 cm³/mol. The highest BCUT2D eigenvalue weighted by atomic mass is 15.3. The van der Waals surface area contributed by atoms with Gasteiger partial charge in [-0.15, -0.1) is 0 Å². The van der Waals surface area contributed by atoms with Crippen molar-refractivity contribution >= 4 is 88.5 Å². The molecule has 266 valence electrons. The van der Waals surface area contributed by atoms with Gasteiger partial charge < -0.3 is 14.4 Å². The van der Waals surface area contributed by atoms with Crippen LogP contribution in [0.15, 0.2) is 200 Å². The van der Waals surface area contributed by atoms with Gasteiger partial charge >= 0.3 is 0 Å². The minimum absolute atomic E-state index is 0.907. The van der Waals surface area contributed by atoms with Crippen LogP contribution in [0.25, 0.3) is 71.2 Å². The van der Waals surface area contributed by atoms with E-state index in [2.05, 4.69) is 202 Å². The van der Waals surface area contributed by atoms with Crippen molar-refractivity contribution in [3.05, 3.63) is 200 Å². The van der Waals surface area contributed by atoms with Crippen LogP contribution in [0.2, 0.25) is 0 Å². The summed E-state index contributed by atoms with van der Waals surface area (Å²) in [5.41, 5.74) is 14.2. The van der Waals surface area contributed by atoms with Gasteiger partial charge in [0.05, 0.1) is 44.8 Å². The molecule has 0 radical (unpaired) electrons. The minimum Gasteiger partial charge on any atom is -0.309 e. The molecule has 9 aromatic carbocycles. The molecule has 0 atom stereocenters. The molecule has 0 aliphatic carbocycles. The van der Waals surface area contributed by atoms with Gasteiger partial charge in [-0.05, 0) is 94.7 Å². The third-order valence-electron chi connectivity index (χ3n) is 11.5. The Morgan fingerprint density at radius 3 is 1.51 bits per heavy atom. The number of hydrogen-bond acceptors (Lipinski definition) is 4. The Labute approximate surface area is 328 Å². The van der Waals surface area contributed by atoms with Crippen LogP contribution in [-0.2, 0) is 0 Å². The first-order valence-corrected chi connectivity index (χ1v) is 19.3. The van der Waals surface area contributed by atoms with Crippen molar-refractivity contribution in [3.63, 3.8) is 0 Å². The smallest absolute Gasteiger partial charge is 0.0971 e. The van der Waals surface area contributed by atoms with Crippen LogP contribution < -0.4 is 9.80 Å². The SMILES string of the molecule is c1ccc(-c2ccc3c(c2)c2cc(N4c5ccccc5N(c5ccccc5)c5cc(-n6c7ccccc7c7ccccc76)ccc54)ccc2c2nccnc32)cc1. The van der Waals surface area contributed by atoms with Gasteiger partial charge in [0.25, 0.3) is 0 Å². The Morgan fingerprint density at radius 1 is 0.298 bits per heavy atom. The molecule has 0 spiro atoms. The minimum atomic E-state index is 0.907. The summed E-state index contributed by atoms with van der Waals surface area (Å²) in [5, 5.41) is 6.95. The Bertz CT molecular complexity index is 3320. The molecule has 1 aliphatic rings.